The molecule has 11 heteroatoms. The lowest BCUT2D eigenvalue weighted by atomic mass is 10.0. The Labute approximate surface area is 217 Å². The van der Waals surface area contributed by atoms with Gasteiger partial charge >= 0.3 is 0 Å². The van der Waals surface area contributed by atoms with Crippen LogP contribution in [0.25, 0.3) is 0 Å². The average molecular weight is 541 g/mol. The zero-order valence-corrected chi connectivity index (χ0v) is 21.9. The highest BCUT2D eigenvalue weighted by atomic mass is 35.5. The Bertz CT molecular complexity index is 1190. The molecular weight excluding hydrogens is 517 g/mol. The molecule has 0 aliphatic heterocycles. The molecule has 1 atom stereocenters. The summed E-state index contributed by atoms with van der Waals surface area (Å²) in [4.78, 5) is 25.3. The standard InChI is InChI=1S/C23H24Cl3N5O2S/c1-13(2)11-18(28-22(33)14-7-4-5-8-15(14)24)21-29-30-23(31(21)3)34-12-19(32)27-17-10-6-9-16(25)20(17)26/h4-10,13,18H,11-12H2,1-3H3,(H,27,32)(H,28,33)/t18-/m0/s1. The third-order valence-electron chi connectivity index (χ3n) is 4.87. The molecule has 3 aromatic rings. The van der Waals surface area contributed by atoms with Crippen LogP contribution in [0.2, 0.25) is 15.1 Å². The summed E-state index contributed by atoms with van der Waals surface area (Å²) in [6, 6.07) is 11.5. The summed E-state index contributed by atoms with van der Waals surface area (Å²) in [6.07, 6.45) is 0.653. The summed E-state index contributed by atoms with van der Waals surface area (Å²) in [6.45, 7) is 4.12. The number of anilines is 1. The second kappa shape index (κ2) is 11.9. The Morgan fingerprint density at radius 1 is 1.03 bits per heavy atom. The van der Waals surface area contributed by atoms with E-state index in [4.69, 9.17) is 34.8 Å². The summed E-state index contributed by atoms with van der Waals surface area (Å²) < 4.78 is 1.78. The van der Waals surface area contributed by atoms with Crippen LogP contribution in [0, 0.1) is 5.92 Å². The number of hydrogen-bond acceptors (Lipinski definition) is 5. The predicted molar refractivity (Wildman–Crippen MR) is 138 cm³/mol. The van der Waals surface area contributed by atoms with Crippen molar-refractivity contribution < 1.29 is 9.59 Å². The monoisotopic (exact) mass is 539 g/mol. The van der Waals surface area contributed by atoms with E-state index in [0.717, 1.165) is 0 Å². The van der Waals surface area contributed by atoms with Crippen LogP contribution in [0.5, 0.6) is 0 Å². The number of thioether (sulfide) groups is 1. The first-order chi connectivity index (χ1) is 16.2. The maximum Gasteiger partial charge on any atom is 0.253 e. The van der Waals surface area contributed by atoms with Gasteiger partial charge < -0.3 is 15.2 Å². The summed E-state index contributed by atoms with van der Waals surface area (Å²) in [7, 11) is 1.80. The van der Waals surface area contributed by atoms with Crippen molar-refractivity contribution in [1.82, 2.24) is 20.1 Å². The fourth-order valence-electron chi connectivity index (χ4n) is 3.25. The van der Waals surface area contributed by atoms with Crippen molar-refractivity contribution in [3.8, 4) is 0 Å². The molecule has 2 aromatic carbocycles. The molecule has 0 unspecified atom stereocenters. The van der Waals surface area contributed by atoms with E-state index in [1.54, 1.807) is 54.1 Å². The minimum Gasteiger partial charge on any atom is -0.342 e. The Morgan fingerprint density at radius 2 is 1.74 bits per heavy atom. The third-order valence-corrected chi connectivity index (χ3v) is 7.04. The fourth-order valence-corrected chi connectivity index (χ4v) is 4.54. The van der Waals surface area contributed by atoms with E-state index >= 15 is 0 Å². The lowest BCUT2D eigenvalue weighted by molar-refractivity contribution is -0.113. The van der Waals surface area contributed by atoms with E-state index in [1.807, 2.05) is 0 Å². The average Bonchev–Trinajstić information content (AvgIpc) is 3.15. The lowest BCUT2D eigenvalue weighted by Crippen LogP contribution is -2.31. The largest absolute Gasteiger partial charge is 0.342 e. The Balaban J connectivity index is 1.70. The van der Waals surface area contributed by atoms with Crippen molar-refractivity contribution in [2.45, 2.75) is 31.5 Å². The number of carbonyl (C=O) groups excluding carboxylic acids is 2. The van der Waals surface area contributed by atoms with Gasteiger partial charge in [0.1, 0.15) is 0 Å². The van der Waals surface area contributed by atoms with Gasteiger partial charge in [0, 0.05) is 7.05 Å². The molecule has 0 fully saturated rings. The van der Waals surface area contributed by atoms with Crippen molar-refractivity contribution in [2.75, 3.05) is 11.1 Å². The highest BCUT2D eigenvalue weighted by molar-refractivity contribution is 7.99. The van der Waals surface area contributed by atoms with E-state index in [9.17, 15) is 9.59 Å². The fraction of sp³-hybridized carbons (Fsp3) is 0.304. The molecule has 7 nitrogen and oxygen atoms in total. The number of benzene rings is 2. The Morgan fingerprint density at radius 3 is 2.44 bits per heavy atom. The zero-order valence-electron chi connectivity index (χ0n) is 18.8. The minimum absolute atomic E-state index is 0.0929. The second-order valence-electron chi connectivity index (χ2n) is 7.97. The van der Waals surface area contributed by atoms with Gasteiger partial charge in [0.2, 0.25) is 5.91 Å². The first kappa shape index (κ1) is 26.3. The summed E-state index contributed by atoms with van der Waals surface area (Å²) in [5.74, 6) is 0.429. The molecule has 34 heavy (non-hydrogen) atoms. The molecule has 0 saturated carbocycles. The van der Waals surface area contributed by atoms with Crippen LogP contribution < -0.4 is 10.6 Å². The van der Waals surface area contributed by atoms with Crippen LogP contribution in [0.15, 0.2) is 47.6 Å². The number of nitrogens with zero attached hydrogens (tertiary/aromatic N) is 3. The highest BCUT2D eigenvalue weighted by Crippen LogP contribution is 2.30. The van der Waals surface area contributed by atoms with E-state index in [2.05, 4.69) is 34.7 Å². The molecule has 0 radical (unpaired) electrons. The normalized spacial score (nSPS) is 12.0. The number of halogens is 3. The SMILES string of the molecule is CC(C)C[C@H](NC(=O)c1ccccc1Cl)c1nnc(SCC(=O)Nc2cccc(Cl)c2Cl)n1C. The van der Waals surface area contributed by atoms with Crippen molar-refractivity contribution in [2.24, 2.45) is 13.0 Å². The van der Waals surface area contributed by atoms with Crippen molar-refractivity contribution in [3.05, 3.63) is 68.9 Å². The van der Waals surface area contributed by atoms with Crippen LogP contribution in [0.1, 0.15) is 42.5 Å². The minimum atomic E-state index is -0.380. The van der Waals surface area contributed by atoms with Gasteiger partial charge in [0.15, 0.2) is 11.0 Å². The molecule has 2 N–H and O–H groups in total. The van der Waals surface area contributed by atoms with Crippen LogP contribution in [0.3, 0.4) is 0 Å². The van der Waals surface area contributed by atoms with Crippen LogP contribution in [-0.4, -0.2) is 32.3 Å². The predicted octanol–water partition coefficient (Wildman–Crippen LogP) is 6.02. The number of hydrogen-bond donors (Lipinski definition) is 2. The van der Waals surface area contributed by atoms with Gasteiger partial charge in [0.25, 0.3) is 5.91 Å². The Kier molecular flexibility index (Phi) is 9.24. The van der Waals surface area contributed by atoms with Crippen molar-refractivity contribution >= 4 is 64.1 Å². The maximum atomic E-state index is 12.9. The van der Waals surface area contributed by atoms with Gasteiger partial charge in [-0.3, -0.25) is 9.59 Å². The van der Waals surface area contributed by atoms with Crippen LogP contribution >= 0.6 is 46.6 Å². The molecule has 180 valence electrons. The van der Waals surface area contributed by atoms with Crippen molar-refractivity contribution in [3.63, 3.8) is 0 Å². The number of aromatic nitrogens is 3. The quantitative estimate of drug-likeness (QED) is 0.324. The highest BCUT2D eigenvalue weighted by Gasteiger charge is 2.24. The number of nitrogens with one attached hydrogen (secondary N) is 2. The lowest BCUT2D eigenvalue weighted by Gasteiger charge is -2.20. The molecule has 0 spiro atoms. The summed E-state index contributed by atoms with van der Waals surface area (Å²) in [5, 5.41) is 15.9. The molecule has 2 amide bonds. The zero-order chi connectivity index (χ0) is 24.8. The number of amides is 2. The Hall–Kier alpha value is -2.26. The van der Waals surface area contributed by atoms with Gasteiger partial charge in [-0.05, 0) is 36.6 Å². The maximum absolute atomic E-state index is 12.9. The first-order valence-electron chi connectivity index (χ1n) is 10.5. The van der Waals surface area contributed by atoms with Crippen LogP contribution in [0.4, 0.5) is 5.69 Å². The summed E-state index contributed by atoms with van der Waals surface area (Å²) >= 11 is 19.5. The van der Waals surface area contributed by atoms with E-state index in [0.29, 0.717) is 38.7 Å². The van der Waals surface area contributed by atoms with Gasteiger partial charge in [-0.25, -0.2) is 0 Å². The first-order valence-corrected chi connectivity index (χ1v) is 12.6. The van der Waals surface area contributed by atoms with E-state index < -0.39 is 0 Å². The number of rotatable bonds is 9. The van der Waals surface area contributed by atoms with Crippen LogP contribution in [-0.2, 0) is 11.8 Å². The van der Waals surface area contributed by atoms with Gasteiger partial charge in [-0.2, -0.15) is 0 Å². The van der Waals surface area contributed by atoms with Crippen molar-refractivity contribution in [1.29, 1.82) is 0 Å². The second-order valence-corrected chi connectivity index (χ2v) is 10.1. The molecule has 0 bridgehead atoms. The van der Waals surface area contributed by atoms with E-state index in [1.165, 1.54) is 11.8 Å². The third kappa shape index (κ3) is 6.66. The topological polar surface area (TPSA) is 88.9 Å². The smallest absolute Gasteiger partial charge is 0.253 e. The van der Waals surface area contributed by atoms with E-state index in [-0.39, 0.29) is 34.5 Å². The number of carbonyl (C=O) groups is 2. The summed E-state index contributed by atoms with van der Waals surface area (Å²) in [5.41, 5.74) is 0.837. The molecule has 1 aromatic heterocycles. The molecule has 3 rings (SSSR count). The molecule has 0 aliphatic carbocycles. The van der Waals surface area contributed by atoms with Gasteiger partial charge in [-0.15, -0.1) is 10.2 Å². The molecule has 1 heterocycles. The van der Waals surface area contributed by atoms with Gasteiger partial charge in [-0.1, -0.05) is 78.6 Å². The van der Waals surface area contributed by atoms with Gasteiger partial charge in [0.05, 0.1) is 38.1 Å². The molecule has 0 aliphatic rings. The molecule has 0 saturated heterocycles. The molecular formula is C23H24Cl3N5O2S.